The second-order valence-electron chi connectivity index (χ2n) is 8.27. The van der Waals surface area contributed by atoms with Crippen LogP contribution in [0.5, 0.6) is 17.5 Å². The van der Waals surface area contributed by atoms with Crippen LogP contribution < -0.4 is 14.2 Å². The Labute approximate surface area is 194 Å². The molecule has 1 saturated heterocycles. The Morgan fingerprint density at radius 2 is 1.85 bits per heavy atom. The standard InChI is InChI=1S/C24H32N4O5/c1-31-22-6-4-20(23(25-22)32-2)24(30)28-12-14-33-21-5-3-18(15-19(21)17-28)16-27-9-7-26(8-10-27)11-13-29/h3-6,15,29H,7-14,16-17H2,1-2H3. The summed E-state index contributed by atoms with van der Waals surface area (Å²) in [6, 6.07) is 9.61. The predicted molar refractivity (Wildman–Crippen MR) is 123 cm³/mol. The first kappa shape index (κ1) is 23.3. The van der Waals surface area contributed by atoms with E-state index in [0.29, 0.717) is 31.1 Å². The molecular formula is C24H32N4O5. The number of pyridine rings is 1. The smallest absolute Gasteiger partial charge is 0.259 e. The van der Waals surface area contributed by atoms with Gasteiger partial charge in [0.15, 0.2) is 0 Å². The summed E-state index contributed by atoms with van der Waals surface area (Å²) in [4.78, 5) is 24.0. The third-order valence-electron chi connectivity index (χ3n) is 6.15. The molecule has 0 saturated carbocycles. The molecule has 1 amide bonds. The van der Waals surface area contributed by atoms with E-state index >= 15 is 0 Å². The van der Waals surface area contributed by atoms with Crippen molar-refractivity contribution >= 4 is 5.91 Å². The van der Waals surface area contributed by atoms with Crippen LogP contribution in [-0.4, -0.2) is 97.4 Å². The zero-order valence-corrected chi connectivity index (χ0v) is 19.3. The van der Waals surface area contributed by atoms with Gasteiger partial charge in [0.1, 0.15) is 17.9 Å². The number of fused-ring (bicyclic) bond motifs is 1. The molecular weight excluding hydrogens is 424 g/mol. The molecule has 3 heterocycles. The van der Waals surface area contributed by atoms with Crippen molar-refractivity contribution in [1.82, 2.24) is 19.7 Å². The Bertz CT molecular complexity index is 962. The van der Waals surface area contributed by atoms with Crippen molar-refractivity contribution < 1.29 is 24.1 Å². The minimum absolute atomic E-state index is 0.149. The molecule has 1 aromatic heterocycles. The minimum atomic E-state index is -0.149. The number of piperazine rings is 1. The highest BCUT2D eigenvalue weighted by molar-refractivity contribution is 5.96. The van der Waals surface area contributed by atoms with Crippen molar-refractivity contribution in [2.75, 3.05) is 66.7 Å². The number of hydrogen-bond acceptors (Lipinski definition) is 8. The molecule has 0 aliphatic carbocycles. The number of aliphatic hydroxyl groups excluding tert-OH is 1. The number of benzene rings is 1. The highest BCUT2D eigenvalue weighted by Crippen LogP contribution is 2.28. The van der Waals surface area contributed by atoms with E-state index in [4.69, 9.17) is 19.3 Å². The second kappa shape index (κ2) is 10.8. The van der Waals surface area contributed by atoms with Crippen LogP contribution >= 0.6 is 0 Å². The number of carbonyl (C=O) groups is 1. The maximum atomic E-state index is 13.3. The van der Waals surface area contributed by atoms with Gasteiger partial charge in [0, 0.05) is 57.4 Å². The van der Waals surface area contributed by atoms with Crippen molar-refractivity contribution in [3.05, 3.63) is 47.0 Å². The number of amides is 1. The second-order valence-corrected chi connectivity index (χ2v) is 8.27. The molecule has 178 valence electrons. The molecule has 2 aromatic rings. The van der Waals surface area contributed by atoms with Gasteiger partial charge in [0.25, 0.3) is 5.91 Å². The van der Waals surface area contributed by atoms with E-state index < -0.39 is 0 Å². The summed E-state index contributed by atoms with van der Waals surface area (Å²) in [6.07, 6.45) is 0. The lowest BCUT2D eigenvalue weighted by atomic mass is 10.1. The number of methoxy groups -OCH3 is 2. The predicted octanol–water partition coefficient (Wildman–Crippen LogP) is 1.24. The maximum absolute atomic E-state index is 13.3. The molecule has 1 fully saturated rings. The molecule has 9 heteroatoms. The summed E-state index contributed by atoms with van der Waals surface area (Å²) in [6.45, 7) is 7.04. The van der Waals surface area contributed by atoms with Gasteiger partial charge >= 0.3 is 0 Å². The number of rotatable bonds is 7. The van der Waals surface area contributed by atoms with Gasteiger partial charge in [-0.3, -0.25) is 14.6 Å². The number of β-amino-alcohol motifs (C(OH)–C–C–N with tert-alkyl or cyclic N) is 1. The Hall–Kier alpha value is -2.88. The summed E-state index contributed by atoms with van der Waals surface area (Å²) in [5.74, 6) is 1.32. The van der Waals surface area contributed by atoms with Gasteiger partial charge in [-0.1, -0.05) is 6.07 Å². The number of aromatic nitrogens is 1. The van der Waals surface area contributed by atoms with Crippen LogP contribution in [0, 0.1) is 0 Å². The topological polar surface area (TPSA) is 87.6 Å². The van der Waals surface area contributed by atoms with E-state index in [0.717, 1.165) is 50.6 Å². The van der Waals surface area contributed by atoms with Crippen LogP contribution in [0.3, 0.4) is 0 Å². The van der Waals surface area contributed by atoms with Crippen molar-refractivity contribution in [2.45, 2.75) is 13.1 Å². The maximum Gasteiger partial charge on any atom is 0.259 e. The highest BCUT2D eigenvalue weighted by atomic mass is 16.5. The Balaban J connectivity index is 1.46. The molecule has 9 nitrogen and oxygen atoms in total. The number of ether oxygens (including phenoxy) is 3. The summed E-state index contributed by atoms with van der Waals surface area (Å²) in [7, 11) is 3.02. The molecule has 0 radical (unpaired) electrons. The quantitative estimate of drug-likeness (QED) is 0.666. The number of aliphatic hydroxyl groups is 1. The monoisotopic (exact) mass is 456 g/mol. The van der Waals surface area contributed by atoms with Gasteiger partial charge in [-0.15, -0.1) is 0 Å². The average molecular weight is 457 g/mol. The van der Waals surface area contributed by atoms with Gasteiger partial charge in [0.2, 0.25) is 11.8 Å². The van der Waals surface area contributed by atoms with Crippen molar-refractivity contribution in [2.24, 2.45) is 0 Å². The lowest BCUT2D eigenvalue weighted by molar-refractivity contribution is 0.0728. The van der Waals surface area contributed by atoms with E-state index in [1.54, 1.807) is 17.0 Å². The number of nitrogens with zero attached hydrogens (tertiary/aromatic N) is 4. The SMILES string of the molecule is COc1ccc(C(=O)N2CCOc3ccc(CN4CCN(CCO)CC4)cc3C2)c(OC)n1. The first-order valence-electron chi connectivity index (χ1n) is 11.3. The summed E-state index contributed by atoms with van der Waals surface area (Å²) in [5.41, 5.74) is 2.60. The molecule has 2 aliphatic heterocycles. The van der Waals surface area contributed by atoms with Crippen LogP contribution in [0.2, 0.25) is 0 Å². The number of hydrogen-bond donors (Lipinski definition) is 1. The fraction of sp³-hybridized carbons (Fsp3) is 0.500. The molecule has 0 spiro atoms. The van der Waals surface area contributed by atoms with Crippen LogP contribution in [0.25, 0.3) is 0 Å². The zero-order valence-electron chi connectivity index (χ0n) is 19.3. The molecule has 1 aromatic carbocycles. The van der Waals surface area contributed by atoms with Crippen LogP contribution in [0.15, 0.2) is 30.3 Å². The van der Waals surface area contributed by atoms with E-state index in [1.165, 1.54) is 19.8 Å². The molecule has 0 unspecified atom stereocenters. The van der Waals surface area contributed by atoms with E-state index in [9.17, 15) is 4.79 Å². The molecule has 4 rings (SSSR count). The normalized spacial score (nSPS) is 17.1. The first-order chi connectivity index (χ1) is 16.1. The average Bonchev–Trinajstić information content (AvgIpc) is 3.06. The first-order valence-corrected chi connectivity index (χ1v) is 11.3. The largest absolute Gasteiger partial charge is 0.491 e. The third-order valence-corrected chi connectivity index (χ3v) is 6.15. The third kappa shape index (κ3) is 5.55. The van der Waals surface area contributed by atoms with Gasteiger partial charge in [-0.25, -0.2) is 0 Å². The van der Waals surface area contributed by atoms with Crippen LogP contribution in [0.4, 0.5) is 0 Å². The number of carbonyl (C=O) groups excluding carboxylic acids is 1. The Morgan fingerprint density at radius 3 is 2.58 bits per heavy atom. The zero-order chi connectivity index (χ0) is 23.2. The van der Waals surface area contributed by atoms with Crippen molar-refractivity contribution in [3.8, 4) is 17.5 Å². The fourth-order valence-corrected chi connectivity index (χ4v) is 4.32. The molecule has 33 heavy (non-hydrogen) atoms. The van der Waals surface area contributed by atoms with E-state index in [1.807, 2.05) is 6.07 Å². The Morgan fingerprint density at radius 1 is 1.06 bits per heavy atom. The van der Waals surface area contributed by atoms with Gasteiger partial charge in [0.05, 0.1) is 27.4 Å². The fourth-order valence-electron chi connectivity index (χ4n) is 4.32. The van der Waals surface area contributed by atoms with Gasteiger partial charge < -0.3 is 24.2 Å². The lowest BCUT2D eigenvalue weighted by Gasteiger charge is -2.34. The molecule has 1 N–H and O–H groups in total. The molecule has 0 bridgehead atoms. The van der Waals surface area contributed by atoms with Crippen LogP contribution in [-0.2, 0) is 13.1 Å². The molecule has 0 atom stereocenters. The highest BCUT2D eigenvalue weighted by Gasteiger charge is 2.25. The summed E-state index contributed by atoms with van der Waals surface area (Å²) < 4.78 is 16.4. The lowest BCUT2D eigenvalue weighted by Crippen LogP contribution is -2.46. The van der Waals surface area contributed by atoms with Gasteiger partial charge in [-0.05, 0) is 23.8 Å². The molecule has 2 aliphatic rings. The van der Waals surface area contributed by atoms with E-state index in [-0.39, 0.29) is 18.4 Å². The Kier molecular flexibility index (Phi) is 7.64. The minimum Gasteiger partial charge on any atom is -0.491 e. The van der Waals surface area contributed by atoms with Crippen LogP contribution in [0.1, 0.15) is 21.5 Å². The summed E-state index contributed by atoms with van der Waals surface area (Å²) in [5, 5.41) is 9.13. The summed E-state index contributed by atoms with van der Waals surface area (Å²) >= 11 is 0. The van der Waals surface area contributed by atoms with Crippen molar-refractivity contribution in [1.29, 1.82) is 0 Å². The van der Waals surface area contributed by atoms with E-state index in [2.05, 4.69) is 26.9 Å². The van der Waals surface area contributed by atoms with Crippen molar-refractivity contribution in [3.63, 3.8) is 0 Å². The van der Waals surface area contributed by atoms with Gasteiger partial charge in [-0.2, -0.15) is 4.98 Å².